The lowest BCUT2D eigenvalue weighted by atomic mass is 10.1. The molecule has 10 heteroatoms. The first-order valence-electron chi connectivity index (χ1n) is 11.5. The second-order valence-corrected chi connectivity index (χ2v) is 11.7. The Morgan fingerprint density at radius 1 is 1.09 bits per heavy atom. The molecule has 0 bridgehead atoms. The molecule has 0 heterocycles. The fourth-order valence-corrected chi connectivity index (χ4v) is 5.33. The van der Waals surface area contributed by atoms with Crippen molar-refractivity contribution in [3.63, 3.8) is 0 Å². The van der Waals surface area contributed by atoms with E-state index in [1.165, 1.54) is 23.1 Å². The number of carbonyl (C=O) groups excluding carboxylic acids is 2. The quantitative estimate of drug-likeness (QED) is 0.506. The number of amides is 2. The lowest BCUT2D eigenvalue weighted by Gasteiger charge is -2.32. The summed E-state index contributed by atoms with van der Waals surface area (Å²) < 4.78 is 26.2. The summed E-state index contributed by atoms with van der Waals surface area (Å²) in [6.07, 6.45) is 4.99. The van der Waals surface area contributed by atoms with E-state index >= 15 is 0 Å². The van der Waals surface area contributed by atoms with Crippen molar-refractivity contribution in [3.05, 3.63) is 63.6 Å². The van der Waals surface area contributed by atoms with Crippen molar-refractivity contribution in [1.82, 2.24) is 10.2 Å². The zero-order valence-corrected chi connectivity index (χ0v) is 22.5. The number of anilines is 1. The number of sulfonamides is 1. The Morgan fingerprint density at radius 3 is 2.34 bits per heavy atom. The Bertz CT molecular complexity index is 1180. The summed E-state index contributed by atoms with van der Waals surface area (Å²) in [5.74, 6) is -0.752. The highest BCUT2D eigenvalue weighted by Crippen LogP contribution is 2.29. The number of halogens is 2. The van der Waals surface area contributed by atoms with E-state index in [-0.39, 0.29) is 34.2 Å². The first-order chi connectivity index (χ1) is 16.5. The smallest absolute Gasteiger partial charge is 0.244 e. The van der Waals surface area contributed by atoms with Gasteiger partial charge in [0.05, 0.1) is 22.0 Å². The predicted octanol–water partition coefficient (Wildman–Crippen LogP) is 4.54. The van der Waals surface area contributed by atoms with Crippen LogP contribution in [0.4, 0.5) is 5.69 Å². The molecule has 1 fully saturated rings. The average Bonchev–Trinajstić information content (AvgIpc) is 3.30. The van der Waals surface area contributed by atoms with Crippen molar-refractivity contribution in [2.24, 2.45) is 0 Å². The third-order valence-corrected chi connectivity index (χ3v) is 8.22. The van der Waals surface area contributed by atoms with E-state index in [0.717, 1.165) is 47.4 Å². The van der Waals surface area contributed by atoms with Gasteiger partial charge in [0.25, 0.3) is 0 Å². The molecule has 1 aliphatic carbocycles. The van der Waals surface area contributed by atoms with Crippen LogP contribution in [-0.4, -0.2) is 50.0 Å². The maximum absolute atomic E-state index is 13.6. The number of aryl methyl sites for hydroxylation is 1. The van der Waals surface area contributed by atoms with Gasteiger partial charge in [-0.05, 0) is 56.0 Å². The molecule has 0 aromatic heterocycles. The molecule has 1 aliphatic rings. The van der Waals surface area contributed by atoms with Gasteiger partial charge >= 0.3 is 0 Å². The van der Waals surface area contributed by atoms with Gasteiger partial charge in [-0.2, -0.15) is 0 Å². The molecule has 1 saturated carbocycles. The van der Waals surface area contributed by atoms with Gasteiger partial charge in [0, 0.05) is 12.6 Å². The summed E-state index contributed by atoms with van der Waals surface area (Å²) >= 11 is 12.1. The lowest BCUT2D eigenvalue weighted by Crippen LogP contribution is -2.52. The van der Waals surface area contributed by atoms with E-state index in [9.17, 15) is 18.0 Å². The van der Waals surface area contributed by atoms with Gasteiger partial charge in [0.1, 0.15) is 12.6 Å². The molecular formula is C25H31Cl2N3O4S. The Labute approximate surface area is 217 Å². The van der Waals surface area contributed by atoms with Crippen molar-refractivity contribution < 1.29 is 18.0 Å². The van der Waals surface area contributed by atoms with Crippen LogP contribution in [0.1, 0.15) is 43.7 Å². The van der Waals surface area contributed by atoms with Gasteiger partial charge in [0.2, 0.25) is 21.8 Å². The zero-order valence-electron chi connectivity index (χ0n) is 20.1. The van der Waals surface area contributed by atoms with Gasteiger partial charge in [-0.25, -0.2) is 8.42 Å². The molecule has 0 spiro atoms. The summed E-state index contributed by atoms with van der Waals surface area (Å²) in [5, 5.41) is 3.49. The topological polar surface area (TPSA) is 86.8 Å². The normalized spacial score (nSPS) is 15.0. The van der Waals surface area contributed by atoms with Crippen LogP contribution < -0.4 is 9.62 Å². The Balaban J connectivity index is 1.90. The molecule has 190 valence electrons. The molecule has 0 unspecified atom stereocenters. The highest BCUT2D eigenvalue weighted by Gasteiger charge is 2.31. The highest BCUT2D eigenvalue weighted by molar-refractivity contribution is 7.92. The van der Waals surface area contributed by atoms with E-state index in [1.807, 2.05) is 31.2 Å². The molecule has 7 nitrogen and oxygen atoms in total. The summed E-state index contributed by atoms with van der Waals surface area (Å²) in [6, 6.07) is 11.3. The minimum atomic E-state index is -3.84. The molecule has 1 atom stereocenters. The second-order valence-electron chi connectivity index (χ2n) is 8.98. The minimum absolute atomic E-state index is 0.101. The monoisotopic (exact) mass is 539 g/mol. The van der Waals surface area contributed by atoms with Crippen molar-refractivity contribution >= 4 is 50.7 Å². The predicted molar refractivity (Wildman–Crippen MR) is 140 cm³/mol. The number of benzene rings is 2. The van der Waals surface area contributed by atoms with Gasteiger partial charge in [-0.3, -0.25) is 13.9 Å². The van der Waals surface area contributed by atoms with Crippen molar-refractivity contribution in [2.75, 3.05) is 17.1 Å². The molecule has 2 aromatic carbocycles. The molecular weight excluding hydrogens is 509 g/mol. The first kappa shape index (κ1) is 27.3. The number of hydrogen-bond acceptors (Lipinski definition) is 4. The fraction of sp³-hybridized carbons (Fsp3) is 0.440. The van der Waals surface area contributed by atoms with Gasteiger partial charge in [-0.1, -0.05) is 60.3 Å². The molecule has 1 N–H and O–H groups in total. The largest absolute Gasteiger partial charge is 0.352 e. The Kier molecular flexibility index (Phi) is 9.07. The van der Waals surface area contributed by atoms with Crippen LogP contribution in [0.25, 0.3) is 0 Å². The van der Waals surface area contributed by atoms with Crippen LogP contribution >= 0.6 is 23.2 Å². The summed E-state index contributed by atoms with van der Waals surface area (Å²) in [7, 11) is -3.84. The average molecular weight is 541 g/mol. The standard InChI is InChI=1S/C25H31Cl2N3O4S/c1-17-8-4-5-9-19(17)15-29(18(2)25(32)28-20-10-6-7-11-20)24(31)16-30(35(3,33)34)21-12-13-22(26)23(27)14-21/h4-5,8-9,12-14,18,20H,6-7,10-11,15-16H2,1-3H3,(H,28,32)/t18-/m0/s1. The molecule has 0 radical (unpaired) electrons. The van der Waals surface area contributed by atoms with Crippen molar-refractivity contribution in [3.8, 4) is 0 Å². The summed E-state index contributed by atoms with van der Waals surface area (Å²) in [4.78, 5) is 28.1. The van der Waals surface area contributed by atoms with E-state index < -0.39 is 28.5 Å². The van der Waals surface area contributed by atoms with Crippen LogP contribution in [0.15, 0.2) is 42.5 Å². The van der Waals surface area contributed by atoms with Crippen LogP contribution in [0.5, 0.6) is 0 Å². The van der Waals surface area contributed by atoms with E-state index in [0.29, 0.717) is 0 Å². The molecule has 35 heavy (non-hydrogen) atoms. The van der Waals surface area contributed by atoms with Crippen molar-refractivity contribution in [2.45, 2.75) is 58.2 Å². The minimum Gasteiger partial charge on any atom is -0.352 e. The summed E-state index contributed by atoms with van der Waals surface area (Å²) in [6.45, 7) is 3.29. The number of nitrogens with one attached hydrogen (secondary N) is 1. The van der Waals surface area contributed by atoms with Crippen molar-refractivity contribution in [1.29, 1.82) is 0 Å². The van der Waals surface area contributed by atoms with Crippen LogP contribution in [0, 0.1) is 6.92 Å². The second kappa shape index (κ2) is 11.6. The first-order valence-corrected chi connectivity index (χ1v) is 14.1. The molecule has 2 amide bonds. The van der Waals surface area contributed by atoms with E-state index in [2.05, 4.69) is 5.32 Å². The van der Waals surface area contributed by atoms with E-state index in [1.54, 1.807) is 6.92 Å². The number of nitrogens with zero attached hydrogens (tertiary/aromatic N) is 2. The maximum Gasteiger partial charge on any atom is 0.244 e. The Morgan fingerprint density at radius 2 is 1.74 bits per heavy atom. The SMILES string of the molecule is Cc1ccccc1CN(C(=O)CN(c1ccc(Cl)c(Cl)c1)S(C)(=O)=O)[C@@H](C)C(=O)NC1CCCC1. The molecule has 0 saturated heterocycles. The third-order valence-electron chi connectivity index (χ3n) is 6.34. The van der Waals surface area contributed by atoms with Crippen LogP contribution in [-0.2, 0) is 26.2 Å². The number of carbonyl (C=O) groups is 2. The number of hydrogen-bond donors (Lipinski definition) is 1. The van der Waals surface area contributed by atoms with Gasteiger partial charge in [-0.15, -0.1) is 0 Å². The molecule has 3 rings (SSSR count). The maximum atomic E-state index is 13.6. The van der Waals surface area contributed by atoms with Gasteiger partial charge in [0.15, 0.2) is 0 Å². The summed E-state index contributed by atoms with van der Waals surface area (Å²) in [5.41, 5.74) is 2.06. The zero-order chi connectivity index (χ0) is 25.8. The highest BCUT2D eigenvalue weighted by atomic mass is 35.5. The molecule has 0 aliphatic heterocycles. The Hall–Kier alpha value is -2.29. The number of rotatable bonds is 9. The van der Waals surface area contributed by atoms with E-state index in [4.69, 9.17) is 23.2 Å². The van der Waals surface area contributed by atoms with Crippen LogP contribution in [0.3, 0.4) is 0 Å². The molecule has 2 aromatic rings. The third kappa shape index (κ3) is 7.12. The lowest BCUT2D eigenvalue weighted by molar-refractivity contribution is -0.139. The van der Waals surface area contributed by atoms with Crippen LogP contribution in [0.2, 0.25) is 10.0 Å². The fourth-order valence-electron chi connectivity index (χ4n) is 4.20. The van der Waals surface area contributed by atoms with Gasteiger partial charge < -0.3 is 10.2 Å².